The van der Waals surface area contributed by atoms with Crippen LogP contribution in [0.15, 0.2) is 6.07 Å². The van der Waals surface area contributed by atoms with Crippen molar-refractivity contribution in [3.8, 4) is 5.75 Å². The number of aromatic nitrogens is 1. The summed E-state index contributed by atoms with van der Waals surface area (Å²) in [4.78, 5) is 14.2. The highest BCUT2D eigenvalue weighted by atomic mass is 79.9. The molecule has 0 aliphatic carbocycles. The molecule has 0 saturated heterocycles. The Morgan fingerprint density at radius 2 is 1.86 bits per heavy atom. The molecule has 22 heavy (non-hydrogen) atoms. The fourth-order valence-corrected chi connectivity index (χ4v) is 1.90. The van der Waals surface area contributed by atoms with E-state index in [1.54, 1.807) is 0 Å². The van der Waals surface area contributed by atoms with E-state index in [0.717, 1.165) is 7.11 Å². The highest BCUT2D eigenvalue weighted by Gasteiger charge is 2.38. The van der Waals surface area contributed by atoms with Gasteiger partial charge < -0.3 is 9.47 Å². The molecule has 1 heterocycles. The van der Waals surface area contributed by atoms with E-state index in [9.17, 15) is 31.1 Å². The molecule has 1 aromatic heterocycles. The second kappa shape index (κ2) is 6.71. The average Bonchev–Trinajstić information content (AvgIpc) is 2.37. The van der Waals surface area contributed by atoms with Gasteiger partial charge in [0.15, 0.2) is 5.75 Å². The summed E-state index contributed by atoms with van der Waals surface area (Å²) in [5.74, 6) is -2.04. The molecular formula is C11H8BrF6NO3. The summed E-state index contributed by atoms with van der Waals surface area (Å²) < 4.78 is 83.3. The largest absolute Gasteiger partial charge is 0.573 e. The molecule has 0 saturated carbocycles. The SMILES string of the molecule is COC(=O)Cc1nc(C(F)(F)F)c(CBr)cc1OC(F)(F)F. The van der Waals surface area contributed by atoms with Crippen molar-refractivity contribution in [3.05, 3.63) is 23.0 Å². The van der Waals surface area contributed by atoms with Crippen LogP contribution < -0.4 is 4.74 Å². The van der Waals surface area contributed by atoms with Gasteiger partial charge in [0.2, 0.25) is 0 Å². The Hall–Kier alpha value is -1.52. The summed E-state index contributed by atoms with van der Waals surface area (Å²) in [5.41, 5.74) is -2.78. The highest BCUT2D eigenvalue weighted by Crippen LogP contribution is 2.36. The number of esters is 1. The van der Waals surface area contributed by atoms with Gasteiger partial charge in [-0.1, -0.05) is 15.9 Å². The standard InChI is InChI=1S/C11H8BrF6NO3/c1-21-8(20)3-6-7(22-11(16,17)18)2-5(4-12)9(19-6)10(13,14)15/h2H,3-4H2,1H3. The van der Waals surface area contributed by atoms with Gasteiger partial charge in [0, 0.05) is 5.33 Å². The van der Waals surface area contributed by atoms with Crippen molar-refractivity contribution in [1.29, 1.82) is 0 Å². The van der Waals surface area contributed by atoms with Crippen LogP contribution in [0, 0.1) is 0 Å². The van der Waals surface area contributed by atoms with E-state index < -0.39 is 53.0 Å². The monoisotopic (exact) mass is 395 g/mol. The fraction of sp³-hybridized carbons (Fsp3) is 0.455. The molecule has 0 radical (unpaired) electrons. The Labute approximate surface area is 128 Å². The molecule has 0 N–H and O–H groups in total. The molecule has 0 spiro atoms. The third-order valence-electron chi connectivity index (χ3n) is 2.32. The molecule has 4 nitrogen and oxygen atoms in total. The second-order valence-corrected chi connectivity index (χ2v) is 4.43. The summed E-state index contributed by atoms with van der Waals surface area (Å²) in [6.07, 6.45) is -10.9. The van der Waals surface area contributed by atoms with Gasteiger partial charge in [0.25, 0.3) is 0 Å². The number of nitrogens with zero attached hydrogens (tertiary/aromatic N) is 1. The van der Waals surface area contributed by atoms with Crippen molar-refractivity contribution < 1.29 is 40.6 Å². The van der Waals surface area contributed by atoms with Crippen LogP contribution in [0.5, 0.6) is 5.75 Å². The first-order chi connectivity index (χ1) is 9.97. The average molecular weight is 396 g/mol. The lowest BCUT2D eigenvalue weighted by atomic mass is 10.1. The van der Waals surface area contributed by atoms with Crippen molar-refractivity contribution in [2.24, 2.45) is 0 Å². The quantitative estimate of drug-likeness (QED) is 0.444. The van der Waals surface area contributed by atoms with Crippen LogP contribution in [-0.4, -0.2) is 24.4 Å². The molecule has 0 unspecified atom stereocenters. The number of pyridine rings is 1. The number of alkyl halides is 7. The van der Waals surface area contributed by atoms with Crippen molar-refractivity contribution in [1.82, 2.24) is 4.98 Å². The minimum atomic E-state index is -5.14. The first-order valence-corrected chi connectivity index (χ1v) is 6.58. The number of carbonyl (C=O) groups excluding carboxylic acids is 1. The van der Waals surface area contributed by atoms with E-state index in [0.29, 0.717) is 6.07 Å². The van der Waals surface area contributed by atoms with Gasteiger partial charge in [0.1, 0.15) is 5.69 Å². The molecule has 124 valence electrons. The predicted molar refractivity (Wildman–Crippen MR) is 64.3 cm³/mol. The third kappa shape index (κ3) is 5.04. The number of carbonyl (C=O) groups is 1. The molecule has 0 aromatic carbocycles. The zero-order valence-electron chi connectivity index (χ0n) is 10.8. The first kappa shape index (κ1) is 18.5. The van der Waals surface area contributed by atoms with E-state index >= 15 is 0 Å². The molecule has 0 aliphatic rings. The molecule has 1 aromatic rings. The van der Waals surface area contributed by atoms with Crippen LogP contribution in [-0.2, 0) is 27.5 Å². The van der Waals surface area contributed by atoms with Gasteiger partial charge in [-0.05, 0) is 11.6 Å². The Morgan fingerprint density at radius 3 is 2.27 bits per heavy atom. The molecular weight excluding hydrogens is 388 g/mol. The summed E-state index contributed by atoms with van der Waals surface area (Å²) in [5, 5.41) is -0.401. The van der Waals surface area contributed by atoms with Gasteiger partial charge in [-0.2, -0.15) is 13.2 Å². The maximum absolute atomic E-state index is 12.8. The summed E-state index contributed by atoms with van der Waals surface area (Å²) >= 11 is 2.74. The van der Waals surface area contributed by atoms with E-state index in [1.807, 2.05) is 0 Å². The van der Waals surface area contributed by atoms with Crippen LogP contribution in [0.4, 0.5) is 26.3 Å². The van der Waals surface area contributed by atoms with Crippen molar-refractivity contribution in [2.75, 3.05) is 7.11 Å². The van der Waals surface area contributed by atoms with E-state index in [4.69, 9.17) is 0 Å². The fourth-order valence-electron chi connectivity index (χ4n) is 1.47. The molecule has 0 atom stereocenters. The number of hydrogen-bond donors (Lipinski definition) is 0. The normalized spacial score (nSPS) is 12.2. The van der Waals surface area contributed by atoms with Crippen LogP contribution in [0.3, 0.4) is 0 Å². The summed E-state index contributed by atoms with van der Waals surface area (Å²) in [6, 6.07) is 0.538. The Balaban J connectivity index is 3.43. The van der Waals surface area contributed by atoms with E-state index in [2.05, 4.69) is 30.4 Å². The van der Waals surface area contributed by atoms with E-state index in [-0.39, 0.29) is 0 Å². The zero-order chi connectivity index (χ0) is 17.1. The number of methoxy groups -OCH3 is 1. The lowest BCUT2D eigenvalue weighted by molar-refractivity contribution is -0.275. The van der Waals surface area contributed by atoms with Crippen LogP contribution in [0.1, 0.15) is 17.0 Å². The minimum Gasteiger partial charge on any atom is -0.469 e. The molecule has 0 amide bonds. The topological polar surface area (TPSA) is 48.4 Å². The first-order valence-electron chi connectivity index (χ1n) is 5.46. The molecule has 0 bridgehead atoms. The highest BCUT2D eigenvalue weighted by molar-refractivity contribution is 9.08. The van der Waals surface area contributed by atoms with Gasteiger partial charge in [-0.25, -0.2) is 4.98 Å². The van der Waals surface area contributed by atoms with E-state index in [1.165, 1.54) is 0 Å². The maximum atomic E-state index is 12.8. The van der Waals surface area contributed by atoms with Crippen molar-refractivity contribution >= 4 is 21.9 Å². The minimum absolute atomic E-state index is 0.401. The Morgan fingerprint density at radius 1 is 1.27 bits per heavy atom. The van der Waals surface area contributed by atoms with Crippen LogP contribution in [0.2, 0.25) is 0 Å². The lowest BCUT2D eigenvalue weighted by Crippen LogP contribution is -2.22. The zero-order valence-corrected chi connectivity index (χ0v) is 12.4. The lowest BCUT2D eigenvalue weighted by Gasteiger charge is -2.17. The third-order valence-corrected chi connectivity index (χ3v) is 2.92. The number of halogens is 7. The molecule has 0 aliphatic heterocycles. The summed E-state index contributed by atoms with van der Waals surface area (Å²) in [6.45, 7) is 0. The van der Waals surface area contributed by atoms with Crippen molar-refractivity contribution in [2.45, 2.75) is 24.3 Å². The number of ether oxygens (including phenoxy) is 2. The Kier molecular flexibility index (Phi) is 5.65. The van der Waals surface area contributed by atoms with Gasteiger partial charge in [-0.3, -0.25) is 4.79 Å². The van der Waals surface area contributed by atoms with Gasteiger partial charge in [-0.15, -0.1) is 13.2 Å². The smallest absolute Gasteiger partial charge is 0.469 e. The van der Waals surface area contributed by atoms with Crippen LogP contribution in [0.25, 0.3) is 0 Å². The van der Waals surface area contributed by atoms with Gasteiger partial charge in [0.05, 0.1) is 19.2 Å². The van der Waals surface area contributed by atoms with Crippen LogP contribution >= 0.6 is 15.9 Å². The Bertz CT molecular complexity index is 558. The molecule has 1 rings (SSSR count). The predicted octanol–water partition coefficient (Wildman–Crippen LogP) is 3.61. The molecule has 11 heteroatoms. The summed E-state index contributed by atoms with van der Waals surface area (Å²) in [7, 11) is 0.935. The maximum Gasteiger partial charge on any atom is 0.573 e. The second-order valence-electron chi connectivity index (χ2n) is 3.87. The van der Waals surface area contributed by atoms with Gasteiger partial charge >= 0.3 is 18.5 Å². The molecule has 0 fully saturated rings. The number of rotatable bonds is 4. The number of hydrogen-bond acceptors (Lipinski definition) is 4. The van der Waals surface area contributed by atoms with Crippen molar-refractivity contribution in [3.63, 3.8) is 0 Å².